The zero-order valence-electron chi connectivity index (χ0n) is 48.1. The van der Waals surface area contributed by atoms with Gasteiger partial charge in [0.1, 0.15) is 6.61 Å². The van der Waals surface area contributed by atoms with Crippen molar-refractivity contribution in [3.8, 4) is 0 Å². The summed E-state index contributed by atoms with van der Waals surface area (Å²) in [6, 6.07) is 0. The first kappa shape index (κ1) is 70.0. The molecule has 74 heavy (non-hydrogen) atoms. The van der Waals surface area contributed by atoms with Crippen LogP contribution in [0.4, 0.5) is 0 Å². The van der Waals surface area contributed by atoms with Crippen molar-refractivity contribution >= 4 is 11.9 Å². The average molecular weight is 1020 g/mol. The molecule has 0 bridgehead atoms. The van der Waals surface area contributed by atoms with Crippen LogP contribution in [-0.2, 0) is 19.1 Å². The maximum Gasteiger partial charge on any atom is 0.306 e. The van der Waals surface area contributed by atoms with Crippen LogP contribution in [0.2, 0.25) is 0 Å². The fourth-order valence-electron chi connectivity index (χ4n) is 8.34. The Kier molecular flexibility index (Phi) is 59.9. The highest BCUT2D eigenvalue weighted by Crippen LogP contribution is 2.16. The van der Waals surface area contributed by atoms with Crippen LogP contribution in [0, 0.1) is 0 Å². The van der Waals surface area contributed by atoms with Crippen molar-refractivity contribution < 1.29 is 24.2 Å². The van der Waals surface area contributed by atoms with Crippen LogP contribution in [0.5, 0.6) is 0 Å². The average Bonchev–Trinajstić information content (AvgIpc) is 3.40. The van der Waals surface area contributed by atoms with Crippen LogP contribution in [0.25, 0.3) is 0 Å². The van der Waals surface area contributed by atoms with E-state index in [2.05, 4.69) is 148 Å². The first-order valence-electron chi connectivity index (χ1n) is 30.7. The standard InChI is InChI=1S/C69H114O5/c1-3-5-7-9-11-13-15-17-19-21-23-25-27-29-31-32-33-34-35-36-38-39-41-43-45-47-49-51-53-55-57-59-61-63-68(71)73-66-67(65-70)74-69(72)64-62-60-58-56-54-52-50-48-46-44-42-40-37-30-28-26-24-22-20-18-16-14-12-10-8-6-4-2/h6,8,12,14-15,17-18,20-21,23-24,26-27,29-30,37,42,44,48,50,54,56,67,70H,3-5,7,9-11,13,16,19,22,25,28,31-36,38-41,43,45-47,49,51-53,55,57-66H2,1-2H3/b8-6-,14-12-,17-15-,20-18-,23-21-,26-24-,29-27-,37-30-,44-42-,50-48-,56-54-. The maximum atomic E-state index is 12.3. The van der Waals surface area contributed by atoms with Gasteiger partial charge in [0.15, 0.2) is 6.10 Å². The molecule has 0 fully saturated rings. The monoisotopic (exact) mass is 1020 g/mol. The molecule has 0 rings (SSSR count). The molecule has 0 aliphatic carbocycles. The molecule has 0 aliphatic rings. The molecule has 5 nitrogen and oxygen atoms in total. The molecule has 0 saturated heterocycles. The Balaban J connectivity index is 3.57. The summed E-state index contributed by atoms with van der Waals surface area (Å²) in [6.45, 7) is 3.99. The van der Waals surface area contributed by atoms with Gasteiger partial charge in [0, 0.05) is 12.8 Å². The first-order chi connectivity index (χ1) is 36.6. The van der Waals surface area contributed by atoms with Crippen molar-refractivity contribution in [1.29, 1.82) is 0 Å². The Hall–Kier alpha value is -3.96. The van der Waals surface area contributed by atoms with Gasteiger partial charge in [-0.1, -0.05) is 276 Å². The molecular formula is C69H114O5. The number of aliphatic hydroxyl groups is 1. The Morgan fingerprint density at radius 2 is 0.581 bits per heavy atom. The van der Waals surface area contributed by atoms with Gasteiger partial charge in [0.05, 0.1) is 6.61 Å². The van der Waals surface area contributed by atoms with Crippen LogP contribution in [0.3, 0.4) is 0 Å². The smallest absolute Gasteiger partial charge is 0.306 e. The van der Waals surface area contributed by atoms with E-state index in [1.165, 1.54) is 141 Å². The second-order valence-corrected chi connectivity index (χ2v) is 20.0. The minimum absolute atomic E-state index is 0.0903. The summed E-state index contributed by atoms with van der Waals surface area (Å²) in [6.07, 6.45) is 94.4. The fourth-order valence-corrected chi connectivity index (χ4v) is 8.34. The van der Waals surface area contributed by atoms with E-state index in [9.17, 15) is 14.7 Å². The Bertz CT molecular complexity index is 1530. The Labute approximate surface area is 457 Å². The van der Waals surface area contributed by atoms with E-state index in [0.717, 1.165) is 103 Å². The molecule has 0 aliphatic heterocycles. The van der Waals surface area contributed by atoms with E-state index in [4.69, 9.17) is 9.47 Å². The third-order valence-corrected chi connectivity index (χ3v) is 12.9. The third kappa shape index (κ3) is 60.6. The summed E-state index contributed by atoms with van der Waals surface area (Å²) in [7, 11) is 0. The van der Waals surface area contributed by atoms with Gasteiger partial charge >= 0.3 is 11.9 Å². The molecule has 0 heterocycles. The lowest BCUT2D eigenvalue weighted by atomic mass is 10.0. The van der Waals surface area contributed by atoms with Gasteiger partial charge in [-0.3, -0.25) is 9.59 Å². The van der Waals surface area contributed by atoms with Crippen molar-refractivity contribution in [2.24, 2.45) is 0 Å². The zero-order chi connectivity index (χ0) is 53.4. The van der Waals surface area contributed by atoms with Crippen molar-refractivity contribution in [2.75, 3.05) is 13.2 Å². The van der Waals surface area contributed by atoms with Crippen LogP contribution < -0.4 is 0 Å². The minimum Gasteiger partial charge on any atom is -0.462 e. The quantitative estimate of drug-likeness (QED) is 0.0373. The third-order valence-electron chi connectivity index (χ3n) is 12.9. The number of aliphatic hydroxyl groups excluding tert-OH is 1. The molecule has 1 unspecified atom stereocenters. The normalized spacial score (nSPS) is 13.2. The van der Waals surface area contributed by atoms with Crippen molar-refractivity contribution in [2.45, 2.75) is 277 Å². The fraction of sp³-hybridized carbons (Fsp3) is 0.652. The molecule has 0 saturated carbocycles. The molecule has 0 aromatic heterocycles. The van der Waals surface area contributed by atoms with Crippen molar-refractivity contribution in [3.05, 3.63) is 134 Å². The second-order valence-electron chi connectivity index (χ2n) is 20.0. The van der Waals surface area contributed by atoms with Gasteiger partial charge in [-0.2, -0.15) is 0 Å². The SMILES string of the molecule is CC/C=C\C/C=C\C/C=C\C/C=C\C/C=C\C/C=C\C/C=C\C/C=C\CCCCC(=O)OC(CO)COC(=O)CCCCCCCCCCCCCCCCCCCC/C=C\C/C=C\C/C=C\CCCCCCC. The molecule has 1 N–H and O–H groups in total. The summed E-state index contributed by atoms with van der Waals surface area (Å²) < 4.78 is 10.7. The largest absolute Gasteiger partial charge is 0.462 e. The first-order valence-corrected chi connectivity index (χ1v) is 30.7. The molecule has 5 heteroatoms. The summed E-state index contributed by atoms with van der Waals surface area (Å²) in [5.74, 6) is -0.644. The number of unbranched alkanes of at least 4 members (excludes halogenated alkanes) is 25. The Morgan fingerprint density at radius 3 is 0.905 bits per heavy atom. The van der Waals surface area contributed by atoms with Gasteiger partial charge in [0.2, 0.25) is 0 Å². The number of rotatable bonds is 55. The molecule has 0 radical (unpaired) electrons. The molecule has 0 amide bonds. The minimum atomic E-state index is -0.805. The van der Waals surface area contributed by atoms with Gasteiger partial charge in [-0.15, -0.1) is 0 Å². The van der Waals surface area contributed by atoms with E-state index in [0.29, 0.717) is 12.8 Å². The van der Waals surface area contributed by atoms with E-state index in [1.807, 2.05) is 0 Å². The molecule has 0 aromatic rings. The van der Waals surface area contributed by atoms with E-state index < -0.39 is 6.10 Å². The summed E-state index contributed by atoms with van der Waals surface area (Å²) in [5, 5.41) is 9.66. The molecule has 420 valence electrons. The van der Waals surface area contributed by atoms with Gasteiger partial charge in [-0.05, 0) is 116 Å². The van der Waals surface area contributed by atoms with E-state index in [1.54, 1.807) is 0 Å². The lowest BCUT2D eigenvalue weighted by molar-refractivity contribution is -0.161. The molecule has 0 aromatic carbocycles. The molecule has 1 atom stereocenters. The number of allylic oxidation sites excluding steroid dienone is 22. The van der Waals surface area contributed by atoms with E-state index in [-0.39, 0.29) is 25.2 Å². The van der Waals surface area contributed by atoms with Crippen LogP contribution in [0.1, 0.15) is 271 Å². The highest BCUT2D eigenvalue weighted by molar-refractivity contribution is 5.70. The number of ether oxygens (including phenoxy) is 2. The highest BCUT2D eigenvalue weighted by Gasteiger charge is 2.16. The number of hydrogen-bond donors (Lipinski definition) is 1. The van der Waals surface area contributed by atoms with E-state index >= 15 is 0 Å². The lowest BCUT2D eigenvalue weighted by Gasteiger charge is -2.15. The number of carbonyl (C=O) groups excluding carboxylic acids is 2. The molecule has 0 spiro atoms. The molecular weight excluding hydrogens is 909 g/mol. The second kappa shape index (κ2) is 63.3. The Morgan fingerprint density at radius 1 is 0.324 bits per heavy atom. The van der Waals surface area contributed by atoms with Crippen LogP contribution >= 0.6 is 0 Å². The predicted octanol–water partition coefficient (Wildman–Crippen LogP) is 21.2. The topological polar surface area (TPSA) is 72.8 Å². The number of hydrogen-bond acceptors (Lipinski definition) is 5. The zero-order valence-corrected chi connectivity index (χ0v) is 48.1. The van der Waals surface area contributed by atoms with Crippen molar-refractivity contribution in [1.82, 2.24) is 0 Å². The van der Waals surface area contributed by atoms with Gasteiger partial charge < -0.3 is 14.6 Å². The van der Waals surface area contributed by atoms with Gasteiger partial charge in [-0.25, -0.2) is 0 Å². The number of esters is 2. The summed E-state index contributed by atoms with van der Waals surface area (Å²) in [5.41, 5.74) is 0. The maximum absolute atomic E-state index is 12.3. The summed E-state index contributed by atoms with van der Waals surface area (Å²) >= 11 is 0. The van der Waals surface area contributed by atoms with Crippen LogP contribution in [0.15, 0.2) is 134 Å². The van der Waals surface area contributed by atoms with Crippen LogP contribution in [-0.4, -0.2) is 36.4 Å². The highest BCUT2D eigenvalue weighted by atomic mass is 16.6. The number of carbonyl (C=O) groups is 2. The predicted molar refractivity (Wildman–Crippen MR) is 324 cm³/mol. The van der Waals surface area contributed by atoms with Crippen molar-refractivity contribution in [3.63, 3.8) is 0 Å². The summed E-state index contributed by atoms with van der Waals surface area (Å²) in [4.78, 5) is 24.6. The lowest BCUT2D eigenvalue weighted by Crippen LogP contribution is -2.28. The van der Waals surface area contributed by atoms with Gasteiger partial charge in [0.25, 0.3) is 0 Å².